The Hall–Kier alpha value is -4.64. The third-order valence-corrected chi connectivity index (χ3v) is 5.99. The Morgan fingerprint density at radius 2 is 1.62 bits per heavy atom. The number of aryl methyl sites for hydroxylation is 1. The molecule has 0 radical (unpaired) electrons. The first kappa shape index (κ1) is 28.4. The SMILES string of the molecule is Cc1noc(-c2ccccc2)c1C(=O)NC(Cc1ccccc1)C(O)C(=O)NCc1cccc(OC(F)(F)F)c1. The van der Waals surface area contributed by atoms with E-state index in [1.807, 2.05) is 12.1 Å². The number of hydrogen-bond acceptors (Lipinski definition) is 6. The lowest BCUT2D eigenvalue weighted by Gasteiger charge is -2.24. The largest absolute Gasteiger partial charge is 0.573 e. The van der Waals surface area contributed by atoms with Gasteiger partial charge in [-0.3, -0.25) is 9.59 Å². The predicted molar refractivity (Wildman–Crippen MR) is 139 cm³/mol. The minimum Gasteiger partial charge on any atom is -0.406 e. The Labute approximate surface area is 227 Å². The first-order valence-electron chi connectivity index (χ1n) is 12.3. The van der Waals surface area contributed by atoms with Gasteiger partial charge in [-0.15, -0.1) is 13.2 Å². The van der Waals surface area contributed by atoms with Crippen LogP contribution in [-0.2, 0) is 17.8 Å². The molecule has 0 aliphatic rings. The van der Waals surface area contributed by atoms with E-state index >= 15 is 0 Å². The van der Waals surface area contributed by atoms with Crippen molar-refractivity contribution >= 4 is 11.8 Å². The molecule has 208 valence electrons. The minimum atomic E-state index is -4.86. The van der Waals surface area contributed by atoms with Crippen LogP contribution in [0.1, 0.15) is 27.2 Å². The lowest BCUT2D eigenvalue weighted by molar-refractivity contribution is -0.274. The molecular weight excluding hydrogens is 527 g/mol. The number of aromatic nitrogens is 1. The van der Waals surface area contributed by atoms with E-state index in [-0.39, 0.29) is 24.3 Å². The topological polar surface area (TPSA) is 114 Å². The molecule has 0 fully saturated rings. The molecule has 3 N–H and O–H groups in total. The summed E-state index contributed by atoms with van der Waals surface area (Å²) in [5.41, 5.74) is 2.19. The maximum Gasteiger partial charge on any atom is 0.573 e. The van der Waals surface area contributed by atoms with E-state index in [0.29, 0.717) is 16.8 Å². The number of aliphatic hydroxyl groups excluding tert-OH is 1. The maximum absolute atomic E-state index is 13.4. The third-order valence-electron chi connectivity index (χ3n) is 5.99. The highest BCUT2D eigenvalue weighted by molar-refractivity contribution is 6.01. The Balaban J connectivity index is 1.51. The van der Waals surface area contributed by atoms with Gasteiger partial charge >= 0.3 is 6.36 Å². The highest BCUT2D eigenvalue weighted by atomic mass is 19.4. The van der Waals surface area contributed by atoms with Crippen LogP contribution in [-0.4, -0.2) is 40.6 Å². The molecule has 0 aliphatic heterocycles. The van der Waals surface area contributed by atoms with Gasteiger partial charge in [0.25, 0.3) is 11.8 Å². The Morgan fingerprint density at radius 3 is 2.30 bits per heavy atom. The number of alkyl halides is 3. The smallest absolute Gasteiger partial charge is 0.406 e. The maximum atomic E-state index is 13.4. The van der Waals surface area contributed by atoms with Crippen LogP contribution < -0.4 is 15.4 Å². The molecule has 3 aromatic carbocycles. The van der Waals surface area contributed by atoms with Gasteiger partial charge in [0, 0.05) is 12.1 Å². The van der Waals surface area contributed by atoms with E-state index in [0.717, 1.165) is 17.7 Å². The third kappa shape index (κ3) is 7.48. The number of nitrogens with zero attached hydrogens (tertiary/aromatic N) is 1. The lowest BCUT2D eigenvalue weighted by atomic mass is 9.99. The van der Waals surface area contributed by atoms with Crippen molar-refractivity contribution in [3.8, 4) is 17.1 Å². The van der Waals surface area contributed by atoms with Crippen LogP contribution in [0.25, 0.3) is 11.3 Å². The molecule has 0 saturated carbocycles. The number of rotatable bonds is 10. The fraction of sp³-hybridized carbons (Fsp3) is 0.207. The molecule has 40 heavy (non-hydrogen) atoms. The Kier molecular flexibility index (Phi) is 8.85. The van der Waals surface area contributed by atoms with Gasteiger partial charge in [-0.1, -0.05) is 78.0 Å². The van der Waals surface area contributed by atoms with Crippen LogP contribution in [0, 0.1) is 6.92 Å². The second-order valence-corrected chi connectivity index (χ2v) is 8.97. The standard InChI is InChI=1S/C29H26F3N3O5/c1-18-24(26(40-35-18)21-12-6-3-7-13-21)27(37)34-23(16-19-9-4-2-5-10-19)25(36)28(38)33-17-20-11-8-14-22(15-20)39-29(30,31)32/h2-15,23,25,36H,16-17H2,1H3,(H,33,38)(H,34,37). The second-order valence-electron chi connectivity index (χ2n) is 8.97. The molecule has 2 atom stereocenters. The number of hydrogen-bond donors (Lipinski definition) is 3. The van der Waals surface area contributed by atoms with Gasteiger partial charge in [0.2, 0.25) is 0 Å². The highest BCUT2D eigenvalue weighted by Crippen LogP contribution is 2.26. The van der Waals surface area contributed by atoms with Crippen molar-refractivity contribution in [1.82, 2.24) is 15.8 Å². The van der Waals surface area contributed by atoms with Crippen LogP contribution in [0.4, 0.5) is 13.2 Å². The average Bonchev–Trinajstić information content (AvgIpc) is 3.32. The number of nitrogens with one attached hydrogen (secondary N) is 2. The summed E-state index contributed by atoms with van der Waals surface area (Å²) in [5, 5.41) is 20.1. The van der Waals surface area contributed by atoms with E-state index in [2.05, 4.69) is 20.5 Å². The molecule has 4 aromatic rings. The normalized spacial score (nSPS) is 12.8. The minimum absolute atomic E-state index is 0.112. The average molecular weight is 554 g/mol. The van der Waals surface area contributed by atoms with Crippen LogP contribution in [0.15, 0.2) is 89.5 Å². The molecule has 11 heteroatoms. The fourth-order valence-corrected chi connectivity index (χ4v) is 4.10. The molecule has 4 rings (SSSR count). The zero-order valence-corrected chi connectivity index (χ0v) is 21.3. The number of carbonyl (C=O) groups excluding carboxylic acids is 2. The molecule has 2 amide bonds. The molecule has 0 spiro atoms. The molecule has 0 aliphatic carbocycles. The monoisotopic (exact) mass is 553 g/mol. The van der Waals surface area contributed by atoms with Gasteiger partial charge in [-0.05, 0) is 36.6 Å². The molecule has 0 bridgehead atoms. The van der Waals surface area contributed by atoms with Crippen molar-refractivity contribution in [2.24, 2.45) is 0 Å². The van der Waals surface area contributed by atoms with Crippen LogP contribution in [0.3, 0.4) is 0 Å². The highest BCUT2D eigenvalue weighted by Gasteiger charge is 2.32. The molecule has 2 unspecified atom stereocenters. The summed E-state index contributed by atoms with van der Waals surface area (Å²) in [6.07, 6.45) is -6.44. The van der Waals surface area contributed by atoms with Crippen molar-refractivity contribution in [2.45, 2.75) is 38.4 Å². The first-order chi connectivity index (χ1) is 19.1. The van der Waals surface area contributed by atoms with E-state index in [1.165, 1.54) is 12.1 Å². The van der Waals surface area contributed by atoms with Crippen LogP contribution >= 0.6 is 0 Å². The molecule has 1 heterocycles. The van der Waals surface area contributed by atoms with E-state index in [4.69, 9.17) is 4.52 Å². The van der Waals surface area contributed by atoms with Gasteiger partial charge in [0.1, 0.15) is 11.3 Å². The number of amides is 2. The first-order valence-corrected chi connectivity index (χ1v) is 12.3. The fourth-order valence-electron chi connectivity index (χ4n) is 4.10. The van der Waals surface area contributed by atoms with Gasteiger partial charge in [0.15, 0.2) is 11.9 Å². The summed E-state index contributed by atoms with van der Waals surface area (Å²) in [4.78, 5) is 26.4. The van der Waals surface area contributed by atoms with Crippen molar-refractivity contribution in [2.75, 3.05) is 0 Å². The number of aliphatic hydroxyl groups is 1. The molecule has 0 saturated heterocycles. The molecule has 1 aromatic heterocycles. The van der Waals surface area contributed by atoms with Crippen LogP contribution in [0.2, 0.25) is 0 Å². The molecular formula is C29H26F3N3O5. The van der Waals surface area contributed by atoms with E-state index in [9.17, 15) is 27.9 Å². The lowest BCUT2D eigenvalue weighted by Crippen LogP contribution is -2.51. The number of ether oxygens (including phenoxy) is 1. The van der Waals surface area contributed by atoms with Gasteiger partial charge in [0.05, 0.1) is 11.7 Å². The zero-order chi connectivity index (χ0) is 28.7. The summed E-state index contributed by atoms with van der Waals surface area (Å²) >= 11 is 0. The van der Waals surface area contributed by atoms with Gasteiger partial charge in [-0.2, -0.15) is 0 Å². The predicted octanol–water partition coefficient (Wildman–Crippen LogP) is 4.57. The molecule has 8 nitrogen and oxygen atoms in total. The number of halogens is 3. The summed E-state index contributed by atoms with van der Waals surface area (Å²) in [7, 11) is 0. The van der Waals surface area contributed by atoms with Gasteiger partial charge in [-0.25, -0.2) is 0 Å². The van der Waals surface area contributed by atoms with E-state index in [1.54, 1.807) is 55.5 Å². The summed E-state index contributed by atoms with van der Waals surface area (Å²) in [6.45, 7) is 1.43. The zero-order valence-electron chi connectivity index (χ0n) is 21.3. The Morgan fingerprint density at radius 1 is 0.975 bits per heavy atom. The van der Waals surface area contributed by atoms with Crippen molar-refractivity contribution < 1.29 is 37.1 Å². The number of benzene rings is 3. The van der Waals surface area contributed by atoms with Crippen molar-refractivity contribution in [3.63, 3.8) is 0 Å². The van der Waals surface area contributed by atoms with Gasteiger partial charge < -0.3 is 25.0 Å². The Bertz CT molecular complexity index is 1440. The van der Waals surface area contributed by atoms with Crippen molar-refractivity contribution in [1.29, 1.82) is 0 Å². The van der Waals surface area contributed by atoms with E-state index < -0.39 is 36.1 Å². The number of carbonyl (C=O) groups is 2. The summed E-state index contributed by atoms with van der Waals surface area (Å²) in [5.74, 6) is -1.61. The quantitative estimate of drug-likeness (QED) is 0.265. The summed E-state index contributed by atoms with van der Waals surface area (Å²) < 4.78 is 46.9. The second kappa shape index (κ2) is 12.5. The summed E-state index contributed by atoms with van der Waals surface area (Å²) in [6, 6.07) is 21.9. The van der Waals surface area contributed by atoms with Crippen LogP contribution in [0.5, 0.6) is 5.75 Å². The van der Waals surface area contributed by atoms with Crippen molar-refractivity contribution in [3.05, 3.63) is 107 Å².